The SMILES string of the molecule is CCNC(c1ccccc1C1CCC1)C1CCC(C)O1. The molecule has 1 aliphatic carbocycles. The molecular formula is C18H27NO. The molecule has 0 amide bonds. The van der Waals surface area contributed by atoms with Crippen LogP contribution in [0, 0.1) is 0 Å². The molecule has 0 spiro atoms. The van der Waals surface area contributed by atoms with E-state index in [0.29, 0.717) is 18.2 Å². The Balaban J connectivity index is 1.86. The topological polar surface area (TPSA) is 21.3 Å². The van der Waals surface area contributed by atoms with Crippen LogP contribution >= 0.6 is 0 Å². The van der Waals surface area contributed by atoms with Crippen LogP contribution in [0.4, 0.5) is 0 Å². The van der Waals surface area contributed by atoms with Crippen molar-refractivity contribution >= 4 is 0 Å². The third kappa shape index (κ3) is 2.77. The Morgan fingerprint density at radius 2 is 2.00 bits per heavy atom. The van der Waals surface area contributed by atoms with Crippen molar-refractivity contribution in [3.63, 3.8) is 0 Å². The zero-order valence-corrected chi connectivity index (χ0v) is 12.8. The van der Waals surface area contributed by atoms with E-state index < -0.39 is 0 Å². The molecule has 1 heterocycles. The maximum Gasteiger partial charge on any atom is 0.0774 e. The highest BCUT2D eigenvalue weighted by Crippen LogP contribution is 2.41. The van der Waals surface area contributed by atoms with E-state index >= 15 is 0 Å². The van der Waals surface area contributed by atoms with E-state index in [4.69, 9.17) is 4.74 Å². The van der Waals surface area contributed by atoms with Gasteiger partial charge in [-0.05, 0) is 56.2 Å². The highest BCUT2D eigenvalue weighted by molar-refractivity contribution is 5.35. The average Bonchev–Trinajstić information content (AvgIpc) is 2.81. The smallest absolute Gasteiger partial charge is 0.0774 e. The maximum absolute atomic E-state index is 6.15. The molecule has 2 fully saturated rings. The van der Waals surface area contributed by atoms with E-state index in [1.165, 1.54) is 37.7 Å². The van der Waals surface area contributed by atoms with Gasteiger partial charge in [0.25, 0.3) is 0 Å². The molecule has 1 saturated heterocycles. The number of hydrogen-bond donors (Lipinski definition) is 1. The van der Waals surface area contributed by atoms with Gasteiger partial charge >= 0.3 is 0 Å². The molecule has 110 valence electrons. The lowest BCUT2D eigenvalue weighted by molar-refractivity contribution is 0.0316. The fraction of sp³-hybridized carbons (Fsp3) is 0.667. The lowest BCUT2D eigenvalue weighted by atomic mass is 9.76. The fourth-order valence-corrected chi connectivity index (χ4v) is 3.63. The molecule has 1 aromatic carbocycles. The van der Waals surface area contributed by atoms with Crippen LogP contribution in [0.5, 0.6) is 0 Å². The molecule has 1 aliphatic heterocycles. The molecule has 3 unspecified atom stereocenters. The second-order valence-corrected chi connectivity index (χ2v) is 6.35. The molecule has 1 aromatic rings. The third-order valence-corrected chi connectivity index (χ3v) is 4.94. The average molecular weight is 273 g/mol. The van der Waals surface area contributed by atoms with Crippen LogP contribution in [0.2, 0.25) is 0 Å². The summed E-state index contributed by atoms with van der Waals surface area (Å²) in [6, 6.07) is 9.38. The molecule has 0 bridgehead atoms. The number of rotatable bonds is 5. The summed E-state index contributed by atoms with van der Waals surface area (Å²) in [6.07, 6.45) is 7.23. The van der Waals surface area contributed by atoms with Gasteiger partial charge < -0.3 is 10.1 Å². The van der Waals surface area contributed by atoms with Gasteiger partial charge in [-0.3, -0.25) is 0 Å². The highest BCUT2D eigenvalue weighted by atomic mass is 16.5. The number of benzene rings is 1. The minimum Gasteiger partial charge on any atom is -0.373 e. The molecule has 3 rings (SSSR count). The van der Waals surface area contributed by atoms with Crippen LogP contribution in [-0.2, 0) is 4.74 Å². The van der Waals surface area contributed by atoms with Gasteiger partial charge in [-0.25, -0.2) is 0 Å². The van der Waals surface area contributed by atoms with Crippen LogP contribution < -0.4 is 5.32 Å². The summed E-state index contributed by atoms with van der Waals surface area (Å²) in [4.78, 5) is 0. The monoisotopic (exact) mass is 273 g/mol. The van der Waals surface area contributed by atoms with Gasteiger partial charge in [0.05, 0.1) is 18.2 Å². The Morgan fingerprint density at radius 1 is 1.20 bits per heavy atom. The van der Waals surface area contributed by atoms with Gasteiger partial charge in [-0.1, -0.05) is 37.6 Å². The molecule has 0 aromatic heterocycles. The summed E-state index contributed by atoms with van der Waals surface area (Å²) >= 11 is 0. The van der Waals surface area contributed by atoms with Gasteiger partial charge in [0, 0.05) is 0 Å². The molecule has 2 heteroatoms. The first-order chi connectivity index (χ1) is 9.79. The van der Waals surface area contributed by atoms with Crippen molar-refractivity contribution < 1.29 is 4.74 Å². The number of ether oxygens (including phenoxy) is 1. The molecular weight excluding hydrogens is 246 g/mol. The maximum atomic E-state index is 6.15. The van der Waals surface area contributed by atoms with Gasteiger partial charge in [0.15, 0.2) is 0 Å². The Morgan fingerprint density at radius 3 is 2.60 bits per heavy atom. The zero-order chi connectivity index (χ0) is 13.9. The highest BCUT2D eigenvalue weighted by Gasteiger charge is 2.33. The Hall–Kier alpha value is -0.860. The van der Waals surface area contributed by atoms with E-state index in [9.17, 15) is 0 Å². The number of nitrogens with one attached hydrogen (secondary N) is 1. The second kappa shape index (κ2) is 6.28. The first kappa shape index (κ1) is 14.1. The normalized spacial score (nSPS) is 28.3. The first-order valence-electron chi connectivity index (χ1n) is 8.27. The predicted octanol–water partition coefficient (Wildman–Crippen LogP) is 4.17. The van der Waals surface area contributed by atoms with Crippen molar-refractivity contribution in [1.82, 2.24) is 5.32 Å². The number of likely N-dealkylation sites (N-methyl/N-ethyl adjacent to an activating group) is 1. The summed E-state index contributed by atoms with van der Waals surface area (Å²) in [6.45, 7) is 5.39. The van der Waals surface area contributed by atoms with Crippen LogP contribution in [0.15, 0.2) is 24.3 Å². The quantitative estimate of drug-likeness (QED) is 0.869. The lowest BCUT2D eigenvalue weighted by Crippen LogP contribution is -2.33. The van der Waals surface area contributed by atoms with Gasteiger partial charge in [-0.2, -0.15) is 0 Å². The summed E-state index contributed by atoms with van der Waals surface area (Å²) in [5.41, 5.74) is 3.05. The molecule has 1 N–H and O–H groups in total. The molecule has 2 nitrogen and oxygen atoms in total. The van der Waals surface area contributed by atoms with E-state index in [-0.39, 0.29) is 0 Å². The molecule has 1 saturated carbocycles. The van der Waals surface area contributed by atoms with E-state index in [1.807, 2.05) is 0 Å². The Labute approximate surface area is 122 Å². The van der Waals surface area contributed by atoms with Crippen molar-refractivity contribution in [2.75, 3.05) is 6.54 Å². The van der Waals surface area contributed by atoms with Crippen LogP contribution in [0.3, 0.4) is 0 Å². The largest absolute Gasteiger partial charge is 0.373 e. The second-order valence-electron chi connectivity index (χ2n) is 6.35. The summed E-state index contributed by atoms with van der Waals surface area (Å²) in [7, 11) is 0. The van der Waals surface area contributed by atoms with Crippen molar-refractivity contribution in [2.45, 2.75) is 70.1 Å². The minimum absolute atomic E-state index is 0.339. The lowest BCUT2D eigenvalue weighted by Gasteiger charge is -2.32. The molecule has 3 atom stereocenters. The van der Waals surface area contributed by atoms with Gasteiger partial charge in [0.2, 0.25) is 0 Å². The fourth-order valence-electron chi connectivity index (χ4n) is 3.63. The van der Waals surface area contributed by atoms with Crippen molar-refractivity contribution in [3.8, 4) is 0 Å². The Kier molecular flexibility index (Phi) is 4.42. The van der Waals surface area contributed by atoms with E-state index in [0.717, 1.165) is 12.5 Å². The van der Waals surface area contributed by atoms with Gasteiger partial charge in [-0.15, -0.1) is 0 Å². The van der Waals surface area contributed by atoms with E-state index in [1.54, 1.807) is 5.56 Å². The zero-order valence-electron chi connectivity index (χ0n) is 12.8. The third-order valence-electron chi connectivity index (χ3n) is 4.94. The van der Waals surface area contributed by atoms with Crippen LogP contribution in [0.25, 0.3) is 0 Å². The van der Waals surface area contributed by atoms with E-state index in [2.05, 4.69) is 43.4 Å². The summed E-state index contributed by atoms with van der Waals surface area (Å²) < 4.78 is 6.15. The van der Waals surface area contributed by atoms with Crippen molar-refractivity contribution in [3.05, 3.63) is 35.4 Å². The molecule has 2 aliphatic rings. The number of hydrogen-bond acceptors (Lipinski definition) is 2. The summed E-state index contributed by atoms with van der Waals surface area (Å²) in [5.74, 6) is 0.784. The standard InChI is InChI=1S/C18H27NO/c1-3-19-18(17-12-11-13(2)20-17)16-10-5-4-9-15(16)14-7-6-8-14/h4-5,9-10,13-14,17-19H,3,6-8,11-12H2,1-2H3. The van der Waals surface area contributed by atoms with Gasteiger partial charge in [0.1, 0.15) is 0 Å². The van der Waals surface area contributed by atoms with Crippen molar-refractivity contribution in [1.29, 1.82) is 0 Å². The van der Waals surface area contributed by atoms with Crippen molar-refractivity contribution in [2.24, 2.45) is 0 Å². The molecule has 20 heavy (non-hydrogen) atoms. The van der Waals surface area contributed by atoms with Crippen LogP contribution in [-0.4, -0.2) is 18.8 Å². The Bertz CT molecular complexity index is 441. The first-order valence-corrected chi connectivity index (χ1v) is 8.27. The molecule has 0 radical (unpaired) electrons. The van der Waals surface area contributed by atoms with Crippen LogP contribution in [0.1, 0.15) is 69.0 Å². The minimum atomic E-state index is 0.339. The predicted molar refractivity (Wildman–Crippen MR) is 83.0 cm³/mol. The summed E-state index contributed by atoms with van der Waals surface area (Å²) in [5, 5.41) is 3.68.